The van der Waals surface area contributed by atoms with Gasteiger partial charge in [0.2, 0.25) is 0 Å². The van der Waals surface area contributed by atoms with Crippen LogP contribution in [0.15, 0.2) is 30.9 Å². The molecule has 0 unspecified atom stereocenters. The van der Waals surface area contributed by atoms with Gasteiger partial charge in [-0.1, -0.05) is 0 Å². The molecule has 0 bridgehead atoms. The molecule has 0 saturated heterocycles. The van der Waals surface area contributed by atoms with E-state index >= 15 is 0 Å². The summed E-state index contributed by atoms with van der Waals surface area (Å²) < 4.78 is 45.6. The number of hydrogen-bond acceptors (Lipinski definition) is 4. The molecule has 24 heavy (non-hydrogen) atoms. The number of ether oxygens (including phenoxy) is 1. The largest absolute Gasteiger partial charge is 0.418 e. The maximum Gasteiger partial charge on any atom is 0.418 e. The van der Waals surface area contributed by atoms with E-state index < -0.39 is 17.8 Å². The van der Waals surface area contributed by atoms with E-state index in [2.05, 4.69) is 20.7 Å². The highest BCUT2D eigenvalue weighted by Crippen LogP contribution is 2.35. The van der Waals surface area contributed by atoms with Gasteiger partial charge in [-0.05, 0) is 24.6 Å². The van der Waals surface area contributed by atoms with Gasteiger partial charge in [-0.3, -0.25) is 0 Å². The summed E-state index contributed by atoms with van der Waals surface area (Å²) in [5, 5.41) is 8.60. The molecular formula is C14H16F3N5O2. The Hall–Kier alpha value is -2.62. The molecule has 0 aliphatic rings. The molecule has 0 spiro atoms. The highest BCUT2D eigenvalue weighted by Gasteiger charge is 2.34. The van der Waals surface area contributed by atoms with Gasteiger partial charge >= 0.3 is 12.2 Å². The molecule has 130 valence electrons. The van der Waals surface area contributed by atoms with Gasteiger partial charge in [0.05, 0.1) is 11.3 Å². The number of rotatable bonds is 6. The first-order valence-corrected chi connectivity index (χ1v) is 7.02. The molecule has 2 amide bonds. The molecule has 10 heteroatoms. The van der Waals surface area contributed by atoms with E-state index in [1.54, 1.807) is 0 Å². The number of alkyl halides is 3. The van der Waals surface area contributed by atoms with Crippen molar-refractivity contribution in [2.75, 3.05) is 25.6 Å². The molecule has 0 aliphatic heterocycles. The van der Waals surface area contributed by atoms with Crippen molar-refractivity contribution in [2.45, 2.75) is 12.6 Å². The van der Waals surface area contributed by atoms with Crippen LogP contribution in [0.25, 0.3) is 5.69 Å². The van der Waals surface area contributed by atoms with E-state index in [0.29, 0.717) is 19.6 Å². The summed E-state index contributed by atoms with van der Waals surface area (Å²) in [4.78, 5) is 15.3. The number of urea groups is 1. The number of carbonyl (C=O) groups is 1. The molecular weight excluding hydrogens is 327 g/mol. The lowest BCUT2D eigenvalue weighted by Crippen LogP contribution is -2.30. The van der Waals surface area contributed by atoms with E-state index in [1.165, 1.54) is 25.6 Å². The van der Waals surface area contributed by atoms with Crippen LogP contribution in [-0.4, -0.2) is 41.1 Å². The number of nitrogens with zero attached hydrogens (tertiary/aromatic N) is 3. The number of aromatic nitrogens is 3. The number of carbonyl (C=O) groups excluding carboxylic acids is 1. The third kappa shape index (κ3) is 4.69. The number of methoxy groups -OCH3 is 1. The Morgan fingerprint density at radius 1 is 1.38 bits per heavy atom. The molecule has 7 nitrogen and oxygen atoms in total. The van der Waals surface area contributed by atoms with E-state index in [4.69, 9.17) is 4.74 Å². The normalized spacial score (nSPS) is 11.3. The lowest BCUT2D eigenvalue weighted by Gasteiger charge is -2.15. The summed E-state index contributed by atoms with van der Waals surface area (Å²) in [6.07, 6.45) is -1.70. The van der Waals surface area contributed by atoms with Gasteiger partial charge in [-0.15, -0.1) is 0 Å². The predicted molar refractivity (Wildman–Crippen MR) is 79.9 cm³/mol. The second-order valence-corrected chi connectivity index (χ2v) is 4.80. The van der Waals surface area contributed by atoms with Crippen LogP contribution in [-0.2, 0) is 10.9 Å². The fourth-order valence-electron chi connectivity index (χ4n) is 1.97. The molecule has 2 N–H and O–H groups in total. The van der Waals surface area contributed by atoms with Crippen LogP contribution in [0.1, 0.15) is 12.0 Å². The van der Waals surface area contributed by atoms with Crippen molar-refractivity contribution in [1.29, 1.82) is 0 Å². The molecule has 0 radical (unpaired) electrons. The molecule has 0 fully saturated rings. The van der Waals surface area contributed by atoms with Gasteiger partial charge in [-0.2, -0.15) is 18.3 Å². The monoisotopic (exact) mass is 343 g/mol. The Morgan fingerprint density at radius 2 is 2.17 bits per heavy atom. The summed E-state index contributed by atoms with van der Waals surface area (Å²) in [7, 11) is 1.54. The molecule has 2 rings (SSSR count). The van der Waals surface area contributed by atoms with Crippen LogP contribution in [0.5, 0.6) is 0 Å². The number of anilines is 1. The molecule has 2 aromatic rings. The van der Waals surface area contributed by atoms with Crippen molar-refractivity contribution < 1.29 is 22.7 Å². The average Bonchev–Trinajstić information content (AvgIpc) is 3.05. The first-order chi connectivity index (χ1) is 11.4. The maximum absolute atomic E-state index is 13.2. The minimum absolute atomic E-state index is 0.0235. The Balaban J connectivity index is 2.14. The van der Waals surface area contributed by atoms with Crippen LogP contribution >= 0.6 is 0 Å². The van der Waals surface area contributed by atoms with Gasteiger partial charge in [0.15, 0.2) is 0 Å². The van der Waals surface area contributed by atoms with Crippen molar-refractivity contribution in [3.8, 4) is 5.69 Å². The van der Waals surface area contributed by atoms with Crippen LogP contribution in [0.3, 0.4) is 0 Å². The number of amides is 2. The summed E-state index contributed by atoms with van der Waals surface area (Å²) >= 11 is 0. The first-order valence-electron chi connectivity index (χ1n) is 7.02. The SMILES string of the molecule is COCCCNC(=O)Nc1ccc(-n2cncn2)c(C(F)(F)F)c1. The van der Waals surface area contributed by atoms with Crippen LogP contribution in [0, 0.1) is 0 Å². The first kappa shape index (κ1) is 17.7. The average molecular weight is 343 g/mol. The Labute approximate surface area is 135 Å². The molecule has 0 aliphatic carbocycles. The molecule has 0 atom stereocenters. The van der Waals surface area contributed by atoms with Gasteiger partial charge in [0.1, 0.15) is 12.7 Å². The second kappa shape index (κ2) is 7.77. The highest BCUT2D eigenvalue weighted by molar-refractivity contribution is 5.89. The van der Waals surface area contributed by atoms with Gasteiger partial charge < -0.3 is 15.4 Å². The Kier molecular flexibility index (Phi) is 5.74. The Bertz CT molecular complexity index is 674. The highest BCUT2D eigenvalue weighted by atomic mass is 19.4. The predicted octanol–water partition coefficient (Wildman–Crippen LogP) is 2.44. The van der Waals surface area contributed by atoms with E-state index in [9.17, 15) is 18.0 Å². The maximum atomic E-state index is 13.2. The number of benzene rings is 1. The quantitative estimate of drug-likeness (QED) is 0.790. The van der Waals surface area contributed by atoms with Crippen molar-refractivity contribution in [3.63, 3.8) is 0 Å². The summed E-state index contributed by atoms with van der Waals surface area (Å²) in [6, 6.07) is 2.85. The third-order valence-electron chi connectivity index (χ3n) is 3.04. The van der Waals surface area contributed by atoms with E-state index in [0.717, 1.165) is 17.1 Å². The summed E-state index contributed by atoms with van der Waals surface area (Å²) in [5.74, 6) is 0. The van der Waals surface area contributed by atoms with Crippen molar-refractivity contribution in [1.82, 2.24) is 20.1 Å². The van der Waals surface area contributed by atoms with Crippen LogP contribution in [0.2, 0.25) is 0 Å². The van der Waals surface area contributed by atoms with Gasteiger partial charge in [-0.25, -0.2) is 14.5 Å². The zero-order valence-electron chi connectivity index (χ0n) is 12.8. The van der Waals surface area contributed by atoms with Gasteiger partial charge in [0.25, 0.3) is 0 Å². The van der Waals surface area contributed by atoms with Crippen molar-refractivity contribution in [3.05, 3.63) is 36.4 Å². The topological polar surface area (TPSA) is 81.1 Å². The van der Waals surface area contributed by atoms with Crippen molar-refractivity contribution in [2.24, 2.45) is 0 Å². The molecule has 1 heterocycles. The fraction of sp³-hybridized carbons (Fsp3) is 0.357. The van der Waals surface area contributed by atoms with E-state index in [1.807, 2.05) is 0 Å². The minimum atomic E-state index is -4.60. The van der Waals surface area contributed by atoms with Crippen LogP contribution in [0.4, 0.5) is 23.7 Å². The zero-order chi connectivity index (χ0) is 17.6. The lowest BCUT2D eigenvalue weighted by molar-refractivity contribution is -0.137. The lowest BCUT2D eigenvalue weighted by atomic mass is 10.1. The van der Waals surface area contributed by atoms with Crippen LogP contribution < -0.4 is 10.6 Å². The zero-order valence-corrected chi connectivity index (χ0v) is 12.8. The summed E-state index contributed by atoms with van der Waals surface area (Å²) in [6.45, 7) is 0.827. The summed E-state index contributed by atoms with van der Waals surface area (Å²) in [5.41, 5.74) is -1.08. The minimum Gasteiger partial charge on any atom is -0.385 e. The number of nitrogens with one attached hydrogen (secondary N) is 2. The molecule has 0 saturated carbocycles. The molecule has 1 aromatic heterocycles. The van der Waals surface area contributed by atoms with E-state index in [-0.39, 0.29) is 11.4 Å². The molecule has 1 aromatic carbocycles. The fourth-order valence-corrected chi connectivity index (χ4v) is 1.97. The van der Waals surface area contributed by atoms with Gasteiger partial charge in [0, 0.05) is 25.9 Å². The second-order valence-electron chi connectivity index (χ2n) is 4.80. The third-order valence-corrected chi connectivity index (χ3v) is 3.04. The number of halogens is 3. The Morgan fingerprint density at radius 3 is 2.79 bits per heavy atom. The standard InChI is InChI=1S/C14H16F3N5O2/c1-24-6-2-5-19-13(23)21-10-3-4-12(22-9-18-8-20-22)11(7-10)14(15,16)17/h3-4,7-9H,2,5-6H2,1H3,(H2,19,21,23). The smallest absolute Gasteiger partial charge is 0.385 e. The number of hydrogen-bond donors (Lipinski definition) is 2. The van der Waals surface area contributed by atoms with Crippen molar-refractivity contribution >= 4 is 11.7 Å².